The summed E-state index contributed by atoms with van der Waals surface area (Å²) in [5.41, 5.74) is 37.2. The van der Waals surface area contributed by atoms with E-state index in [0.29, 0.717) is 6.42 Å². The van der Waals surface area contributed by atoms with Crippen LogP contribution in [0.5, 0.6) is 0 Å². The Morgan fingerprint density at radius 3 is 1.12 bits per heavy atom. The lowest BCUT2D eigenvalue weighted by atomic mass is 10.1. The third-order valence-electron chi connectivity index (χ3n) is 7.11. The van der Waals surface area contributed by atoms with E-state index in [2.05, 4.69) is 57.5 Å². The number of guanidine groups is 3. The minimum absolute atomic E-state index is 0.00487. The van der Waals surface area contributed by atoms with Crippen molar-refractivity contribution in [3.63, 3.8) is 0 Å². The fraction of sp³-hybridized carbons (Fsp3) is 0.600. The maximum atomic E-state index is 12.9. The second-order valence-electron chi connectivity index (χ2n) is 12.1. The number of amides is 8. The normalized spacial score (nSPS) is 11.7. The molecular weight excluding hydrogens is 772 g/mol. The van der Waals surface area contributed by atoms with E-state index in [0.717, 1.165) is 0 Å². The zero-order valence-corrected chi connectivity index (χ0v) is 31.8. The highest BCUT2D eigenvalue weighted by Gasteiger charge is 2.23. The summed E-state index contributed by atoms with van der Waals surface area (Å²) in [7, 11) is 0. The molecule has 0 fully saturated rings. The molecule has 28 nitrogen and oxygen atoms in total. The zero-order chi connectivity index (χ0) is 44.0. The van der Waals surface area contributed by atoms with Gasteiger partial charge in [0.1, 0.15) is 12.1 Å². The van der Waals surface area contributed by atoms with Crippen molar-refractivity contribution in [2.45, 2.75) is 56.7 Å². The number of carbonyl (C=O) groups is 9. The second-order valence-corrected chi connectivity index (χ2v) is 12.1. The maximum Gasteiger partial charge on any atom is 0.326 e. The van der Waals surface area contributed by atoms with Gasteiger partial charge in [-0.3, -0.25) is 53.3 Å². The fourth-order valence-corrected chi connectivity index (χ4v) is 4.23. The molecule has 0 aliphatic rings. The van der Waals surface area contributed by atoms with Crippen molar-refractivity contribution >= 4 is 71.1 Å². The number of carboxylic acids is 1. The molecule has 0 unspecified atom stereocenters. The Hall–Kier alpha value is -7.00. The lowest BCUT2D eigenvalue weighted by molar-refractivity contribution is -0.142. The van der Waals surface area contributed by atoms with Gasteiger partial charge in [-0.15, -0.1) is 0 Å². The van der Waals surface area contributed by atoms with Crippen LogP contribution in [-0.2, 0) is 43.2 Å². The number of carbonyl (C=O) groups excluding carboxylic acids is 8. The largest absolute Gasteiger partial charge is 0.480 e. The SMILES string of the molecule is NC(N)=NCCC[C@H](NC(=O)CNC(=O)CNC(=O)CNC(=O)[C@H](CCCN=C(N)N)NC(=O)CNC(=O)CNC(=O)CNC(=O)[C@@H](N)CCCN=C(N)N)C(=O)O. The van der Waals surface area contributed by atoms with E-state index in [4.69, 9.17) is 40.1 Å². The number of rotatable bonds is 29. The Balaban J connectivity index is 4.77. The topological polar surface area (TPSA) is 489 Å². The van der Waals surface area contributed by atoms with Gasteiger partial charge in [0.2, 0.25) is 47.3 Å². The summed E-state index contributed by atoms with van der Waals surface area (Å²) in [5.74, 6) is -7.93. The van der Waals surface area contributed by atoms with Crippen molar-refractivity contribution in [1.29, 1.82) is 0 Å². The lowest BCUT2D eigenvalue weighted by Gasteiger charge is -2.18. The summed E-state index contributed by atoms with van der Waals surface area (Å²) in [6.45, 7) is -2.96. The zero-order valence-electron chi connectivity index (χ0n) is 31.8. The van der Waals surface area contributed by atoms with Gasteiger partial charge in [0.15, 0.2) is 17.9 Å². The molecule has 28 heteroatoms. The Labute approximate surface area is 332 Å². The number of nitrogens with two attached hydrogens (primary N) is 7. The van der Waals surface area contributed by atoms with Crippen molar-refractivity contribution in [1.82, 2.24) is 42.5 Å². The predicted octanol–water partition coefficient (Wildman–Crippen LogP) is -9.77. The average molecular weight is 829 g/mol. The van der Waals surface area contributed by atoms with E-state index in [9.17, 15) is 48.3 Å². The average Bonchev–Trinajstić information content (AvgIpc) is 3.15. The van der Waals surface area contributed by atoms with Crippen LogP contribution in [-0.4, -0.2) is 153 Å². The summed E-state index contributed by atoms with van der Waals surface area (Å²) in [5, 5.41) is 27.5. The van der Waals surface area contributed by atoms with Crippen LogP contribution in [0.1, 0.15) is 38.5 Å². The summed E-state index contributed by atoms with van der Waals surface area (Å²) in [4.78, 5) is 121. The fourth-order valence-electron chi connectivity index (χ4n) is 4.23. The first kappa shape index (κ1) is 51.0. The predicted molar refractivity (Wildman–Crippen MR) is 207 cm³/mol. The van der Waals surface area contributed by atoms with Crippen molar-refractivity contribution in [3.8, 4) is 0 Å². The molecule has 58 heavy (non-hydrogen) atoms. The highest BCUT2D eigenvalue weighted by atomic mass is 16.4. The first-order valence-corrected chi connectivity index (χ1v) is 17.7. The molecule has 0 aromatic carbocycles. The van der Waals surface area contributed by atoms with Crippen LogP contribution in [0.2, 0.25) is 0 Å². The van der Waals surface area contributed by atoms with Crippen LogP contribution in [0.3, 0.4) is 0 Å². The van der Waals surface area contributed by atoms with E-state index in [1.54, 1.807) is 0 Å². The molecule has 0 saturated carbocycles. The Kier molecular flexibility index (Phi) is 25.8. The standard InChI is InChI=1S/C30H56N18O10/c31-16(4-1-7-38-28(32)33)25(55)45-12-21(51)41-10-19(49)43-14-23(53)47-17(5-2-8-39-29(34)35)26(56)46-13-22(52)42-11-20(50)44-15-24(54)48-18(27(57)58)6-3-9-40-30(36)37/h16-18H,1-15,31H2,(H,41,51)(H,42,52)(H,43,49)(H,44,50)(H,45,55)(H,46,56)(H,47,53)(H,48,54)(H,57,58)(H4,32,33,38)(H4,34,35,39)(H4,36,37,40)/t16-,17-,18-/m0/s1. The molecule has 0 spiro atoms. The van der Waals surface area contributed by atoms with E-state index < -0.39 is 111 Å². The van der Waals surface area contributed by atoms with Gasteiger partial charge in [0.25, 0.3) is 0 Å². The molecule has 0 heterocycles. The highest BCUT2D eigenvalue weighted by molar-refractivity contribution is 5.94. The van der Waals surface area contributed by atoms with Crippen molar-refractivity contribution < 1.29 is 48.3 Å². The van der Waals surface area contributed by atoms with Gasteiger partial charge in [0, 0.05) is 19.6 Å². The Morgan fingerprint density at radius 2 is 0.741 bits per heavy atom. The summed E-state index contributed by atoms with van der Waals surface area (Å²) < 4.78 is 0. The van der Waals surface area contributed by atoms with Gasteiger partial charge < -0.3 is 87.8 Å². The second kappa shape index (κ2) is 29.3. The van der Waals surface area contributed by atoms with Crippen LogP contribution >= 0.6 is 0 Å². The summed E-state index contributed by atoms with van der Waals surface area (Å²) >= 11 is 0. The number of nitrogens with zero attached hydrogens (tertiary/aromatic N) is 3. The molecule has 0 aliphatic heterocycles. The monoisotopic (exact) mass is 828 g/mol. The Bertz CT molecular complexity index is 1510. The molecular formula is C30H56N18O10. The van der Waals surface area contributed by atoms with Gasteiger partial charge >= 0.3 is 5.97 Å². The maximum absolute atomic E-state index is 12.9. The quantitative estimate of drug-likeness (QED) is 0.0189. The van der Waals surface area contributed by atoms with Gasteiger partial charge in [-0.25, -0.2) is 4.79 Å². The van der Waals surface area contributed by atoms with Gasteiger partial charge in [-0.1, -0.05) is 0 Å². The van der Waals surface area contributed by atoms with E-state index >= 15 is 0 Å². The molecule has 0 radical (unpaired) electrons. The number of hydrogen-bond acceptors (Lipinski definition) is 13. The minimum Gasteiger partial charge on any atom is -0.480 e. The molecule has 0 aromatic rings. The molecule has 8 amide bonds. The number of aliphatic imine (C=N–C) groups is 3. The Morgan fingerprint density at radius 1 is 0.431 bits per heavy atom. The van der Waals surface area contributed by atoms with E-state index in [1.165, 1.54) is 0 Å². The van der Waals surface area contributed by atoms with Gasteiger partial charge in [-0.05, 0) is 38.5 Å². The summed E-state index contributed by atoms with van der Waals surface area (Å²) in [6, 6.07) is -3.41. The molecule has 23 N–H and O–H groups in total. The van der Waals surface area contributed by atoms with Crippen LogP contribution < -0.4 is 82.7 Å². The van der Waals surface area contributed by atoms with E-state index in [-0.39, 0.29) is 69.6 Å². The molecule has 0 saturated heterocycles. The molecule has 0 bridgehead atoms. The number of nitrogens with one attached hydrogen (secondary N) is 8. The first-order chi connectivity index (χ1) is 27.3. The van der Waals surface area contributed by atoms with Crippen LogP contribution in [0.15, 0.2) is 15.0 Å². The molecule has 0 aromatic heterocycles. The summed E-state index contributed by atoms with van der Waals surface area (Å²) in [6.07, 6.45) is 1.15. The molecule has 0 aliphatic carbocycles. The number of aliphatic carboxylic acids is 1. The van der Waals surface area contributed by atoms with Crippen molar-refractivity contribution in [2.24, 2.45) is 55.1 Å². The van der Waals surface area contributed by atoms with Crippen molar-refractivity contribution in [2.75, 3.05) is 58.9 Å². The number of carboxylic acid groups (broad SMARTS) is 1. The van der Waals surface area contributed by atoms with Gasteiger partial charge in [-0.2, -0.15) is 0 Å². The number of hydrogen-bond donors (Lipinski definition) is 16. The van der Waals surface area contributed by atoms with Crippen LogP contribution in [0, 0.1) is 0 Å². The molecule has 0 rings (SSSR count). The lowest BCUT2D eigenvalue weighted by Crippen LogP contribution is -2.52. The molecule has 326 valence electrons. The minimum atomic E-state index is -1.31. The molecule has 3 atom stereocenters. The smallest absolute Gasteiger partial charge is 0.326 e. The first-order valence-electron chi connectivity index (χ1n) is 17.7. The van der Waals surface area contributed by atoms with Gasteiger partial charge in [0.05, 0.1) is 45.3 Å². The van der Waals surface area contributed by atoms with Crippen LogP contribution in [0.4, 0.5) is 0 Å². The highest BCUT2D eigenvalue weighted by Crippen LogP contribution is 2.00. The van der Waals surface area contributed by atoms with E-state index in [1.807, 2.05) is 0 Å². The third-order valence-corrected chi connectivity index (χ3v) is 7.11. The van der Waals surface area contributed by atoms with Crippen LogP contribution in [0.25, 0.3) is 0 Å². The third kappa shape index (κ3) is 27.6. The van der Waals surface area contributed by atoms with Crippen molar-refractivity contribution in [3.05, 3.63) is 0 Å².